The Hall–Kier alpha value is -2.48. The SMILES string of the molecule is O=[N+]([O-])c1c(Oc2ccc(Br)cc2F)nc2ccccn12. The highest BCUT2D eigenvalue weighted by Crippen LogP contribution is 2.33. The zero-order chi connectivity index (χ0) is 15.0. The number of nitro groups is 1. The third-order valence-corrected chi connectivity index (χ3v) is 3.24. The van der Waals surface area contributed by atoms with E-state index in [2.05, 4.69) is 20.9 Å². The molecule has 0 aliphatic heterocycles. The number of aromatic nitrogens is 2. The van der Waals surface area contributed by atoms with E-state index in [-0.39, 0.29) is 17.4 Å². The molecule has 21 heavy (non-hydrogen) atoms. The van der Waals surface area contributed by atoms with Gasteiger partial charge < -0.3 is 14.9 Å². The number of hydrogen-bond acceptors (Lipinski definition) is 4. The molecule has 0 fully saturated rings. The van der Waals surface area contributed by atoms with Crippen molar-refractivity contribution in [1.82, 2.24) is 9.38 Å². The fourth-order valence-corrected chi connectivity index (χ4v) is 2.19. The maximum Gasteiger partial charge on any atom is 0.392 e. The van der Waals surface area contributed by atoms with Crippen molar-refractivity contribution in [2.45, 2.75) is 0 Å². The predicted molar refractivity (Wildman–Crippen MR) is 76.0 cm³/mol. The molecule has 0 radical (unpaired) electrons. The molecule has 0 amide bonds. The van der Waals surface area contributed by atoms with Crippen LogP contribution in [0.25, 0.3) is 5.65 Å². The molecule has 2 heterocycles. The lowest BCUT2D eigenvalue weighted by atomic mass is 10.3. The first-order valence-corrected chi connectivity index (χ1v) is 6.60. The maximum absolute atomic E-state index is 13.8. The molecule has 0 bridgehead atoms. The monoisotopic (exact) mass is 351 g/mol. The Morgan fingerprint density at radius 2 is 2.14 bits per heavy atom. The number of fused-ring (bicyclic) bond motifs is 1. The van der Waals surface area contributed by atoms with Crippen molar-refractivity contribution in [2.75, 3.05) is 0 Å². The summed E-state index contributed by atoms with van der Waals surface area (Å²) in [6.45, 7) is 0. The number of ether oxygens (including phenoxy) is 1. The second kappa shape index (κ2) is 5.13. The molecule has 0 aliphatic rings. The first-order chi connectivity index (χ1) is 10.1. The number of halogens is 2. The third-order valence-electron chi connectivity index (χ3n) is 2.75. The van der Waals surface area contributed by atoms with Gasteiger partial charge in [-0.25, -0.2) is 4.39 Å². The van der Waals surface area contributed by atoms with Gasteiger partial charge in [0.05, 0.1) is 6.20 Å². The topological polar surface area (TPSA) is 69.7 Å². The van der Waals surface area contributed by atoms with Crippen LogP contribution in [0.3, 0.4) is 0 Å². The zero-order valence-electron chi connectivity index (χ0n) is 10.4. The molecule has 0 N–H and O–H groups in total. The lowest BCUT2D eigenvalue weighted by Gasteiger charge is -2.04. The number of benzene rings is 1. The van der Waals surface area contributed by atoms with Crippen molar-refractivity contribution in [3.63, 3.8) is 0 Å². The van der Waals surface area contributed by atoms with E-state index >= 15 is 0 Å². The third kappa shape index (κ3) is 2.45. The Balaban J connectivity index is 2.12. The molecule has 2 aromatic heterocycles. The van der Waals surface area contributed by atoms with Crippen LogP contribution in [0.1, 0.15) is 0 Å². The van der Waals surface area contributed by atoms with Gasteiger partial charge in [0.2, 0.25) is 5.65 Å². The largest absolute Gasteiger partial charge is 0.429 e. The van der Waals surface area contributed by atoms with Gasteiger partial charge >= 0.3 is 11.7 Å². The lowest BCUT2D eigenvalue weighted by molar-refractivity contribution is -0.391. The summed E-state index contributed by atoms with van der Waals surface area (Å²) in [7, 11) is 0. The number of rotatable bonds is 3. The van der Waals surface area contributed by atoms with Crippen LogP contribution in [0.5, 0.6) is 11.6 Å². The van der Waals surface area contributed by atoms with Crippen LogP contribution in [0.2, 0.25) is 0 Å². The van der Waals surface area contributed by atoms with Gasteiger partial charge in [0, 0.05) is 10.5 Å². The predicted octanol–water partition coefficient (Wildman–Crippen LogP) is 3.94. The minimum absolute atomic E-state index is 0.135. The molecule has 106 valence electrons. The van der Waals surface area contributed by atoms with Crippen molar-refractivity contribution >= 4 is 27.4 Å². The normalized spacial score (nSPS) is 10.8. The Morgan fingerprint density at radius 1 is 1.33 bits per heavy atom. The molecular formula is C13H7BrFN3O3. The average molecular weight is 352 g/mol. The fraction of sp³-hybridized carbons (Fsp3) is 0. The molecule has 0 spiro atoms. The minimum Gasteiger partial charge on any atom is -0.429 e. The van der Waals surface area contributed by atoms with Gasteiger partial charge in [0.1, 0.15) is 0 Å². The second-order valence-corrected chi connectivity index (χ2v) is 5.02. The first-order valence-electron chi connectivity index (χ1n) is 5.80. The van der Waals surface area contributed by atoms with E-state index in [0.29, 0.717) is 10.1 Å². The highest BCUT2D eigenvalue weighted by Gasteiger charge is 2.25. The van der Waals surface area contributed by atoms with Gasteiger partial charge in [0.15, 0.2) is 11.6 Å². The average Bonchev–Trinajstić information content (AvgIpc) is 2.80. The van der Waals surface area contributed by atoms with E-state index in [9.17, 15) is 14.5 Å². The standard InChI is InChI=1S/C13H7BrFN3O3/c14-8-4-5-10(9(15)7-8)21-12-13(18(19)20)17-6-2-1-3-11(17)16-12/h1-7H. The number of nitrogens with zero attached hydrogens (tertiary/aromatic N) is 3. The maximum atomic E-state index is 13.8. The Morgan fingerprint density at radius 3 is 2.86 bits per heavy atom. The van der Waals surface area contributed by atoms with Gasteiger partial charge in [-0.15, -0.1) is 0 Å². The van der Waals surface area contributed by atoms with E-state index in [1.807, 2.05) is 0 Å². The van der Waals surface area contributed by atoms with Gasteiger partial charge in [-0.2, -0.15) is 9.38 Å². The Bertz CT molecular complexity index is 850. The van der Waals surface area contributed by atoms with Crippen LogP contribution in [0, 0.1) is 15.9 Å². The number of pyridine rings is 1. The van der Waals surface area contributed by atoms with Crippen molar-refractivity contribution in [3.05, 3.63) is 63.0 Å². The van der Waals surface area contributed by atoms with Crippen LogP contribution < -0.4 is 4.74 Å². The highest BCUT2D eigenvalue weighted by atomic mass is 79.9. The van der Waals surface area contributed by atoms with Crippen LogP contribution in [-0.2, 0) is 0 Å². The summed E-state index contributed by atoms with van der Waals surface area (Å²) in [5.74, 6) is -1.39. The second-order valence-electron chi connectivity index (χ2n) is 4.10. The molecule has 0 saturated carbocycles. The van der Waals surface area contributed by atoms with Crippen molar-refractivity contribution in [3.8, 4) is 11.6 Å². The van der Waals surface area contributed by atoms with E-state index in [0.717, 1.165) is 0 Å². The summed E-state index contributed by atoms with van der Waals surface area (Å²) >= 11 is 3.12. The quantitative estimate of drug-likeness (QED) is 0.529. The van der Waals surface area contributed by atoms with Gasteiger partial charge in [0.25, 0.3) is 0 Å². The van der Waals surface area contributed by atoms with Crippen LogP contribution >= 0.6 is 15.9 Å². The molecule has 0 atom stereocenters. The molecule has 3 rings (SSSR count). The molecule has 6 nitrogen and oxygen atoms in total. The van der Waals surface area contributed by atoms with Crippen LogP contribution in [-0.4, -0.2) is 14.3 Å². The minimum atomic E-state index is -0.643. The zero-order valence-corrected chi connectivity index (χ0v) is 11.9. The highest BCUT2D eigenvalue weighted by molar-refractivity contribution is 9.10. The smallest absolute Gasteiger partial charge is 0.392 e. The van der Waals surface area contributed by atoms with Gasteiger partial charge in [-0.3, -0.25) is 0 Å². The molecule has 0 unspecified atom stereocenters. The summed E-state index contributed by atoms with van der Waals surface area (Å²) in [5.41, 5.74) is 0.344. The van der Waals surface area contributed by atoms with E-state index < -0.39 is 10.7 Å². The van der Waals surface area contributed by atoms with Gasteiger partial charge in [-0.05, 0) is 29.2 Å². The molecular weight excluding hydrogens is 345 g/mol. The number of hydrogen-bond donors (Lipinski definition) is 0. The molecule has 1 aromatic carbocycles. The van der Waals surface area contributed by atoms with E-state index in [4.69, 9.17) is 4.74 Å². The summed E-state index contributed by atoms with van der Waals surface area (Å²) in [6, 6.07) is 9.06. The van der Waals surface area contributed by atoms with Crippen LogP contribution in [0.4, 0.5) is 10.2 Å². The van der Waals surface area contributed by atoms with Gasteiger partial charge in [-0.1, -0.05) is 22.0 Å². The van der Waals surface area contributed by atoms with Crippen LogP contribution in [0.15, 0.2) is 47.1 Å². The first kappa shape index (κ1) is 13.5. The van der Waals surface area contributed by atoms with Crippen molar-refractivity contribution < 1.29 is 14.1 Å². The summed E-state index contributed by atoms with van der Waals surface area (Å²) in [5, 5.41) is 11.2. The summed E-state index contributed by atoms with van der Waals surface area (Å²) < 4.78 is 20.8. The fourth-order valence-electron chi connectivity index (χ4n) is 1.86. The molecule has 8 heteroatoms. The van der Waals surface area contributed by atoms with E-state index in [1.54, 1.807) is 24.3 Å². The molecule has 0 aliphatic carbocycles. The summed E-state index contributed by atoms with van der Waals surface area (Å²) in [6.07, 6.45) is 1.49. The Labute approximate surface area is 126 Å². The lowest BCUT2D eigenvalue weighted by Crippen LogP contribution is -1.96. The summed E-state index contributed by atoms with van der Waals surface area (Å²) in [4.78, 5) is 14.6. The van der Waals surface area contributed by atoms with Crippen molar-refractivity contribution in [1.29, 1.82) is 0 Å². The number of imidazole rings is 1. The van der Waals surface area contributed by atoms with E-state index in [1.165, 1.54) is 22.7 Å². The molecule has 3 aromatic rings. The molecule has 0 saturated heterocycles. The Kier molecular flexibility index (Phi) is 3.30. The van der Waals surface area contributed by atoms with Crippen molar-refractivity contribution in [2.24, 2.45) is 0 Å².